The summed E-state index contributed by atoms with van der Waals surface area (Å²) < 4.78 is 9.92. The molecule has 0 heterocycles. The molecule has 6 nitrogen and oxygen atoms in total. The summed E-state index contributed by atoms with van der Waals surface area (Å²) in [6.07, 6.45) is -1.04. The Labute approximate surface area is 216 Å². The fraction of sp³-hybridized carbons (Fsp3) is 0.0968. The van der Waals surface area contributed by atoms with Gasteiger partial charge in [-0.2, -0.15) is 0 Å². The predicted octanol–water partition coefficient (Wildman–Crippen LogP) is 8.34. The number of allylic oxidation sites excluding steroid dienone is 1. The first-order valence-electron chi connectivity index (χ1n) is 11.9. The van der Waals surface area contributed by atoms with Gasteiger partial charge in [0.05, 0.1) is 12.4 Å². The molecule has 0 aromatic heterocycles. The third-order valence-corrected chi connectivity index (χ3v) is 5.57. The van der Waals surface area contributed by atoms with Crippen molar-refractivity contribution >= 4 is 23.6 Å². The second-order valence-electron chi connectivity index (χ2n) is 8.31. The van der Waals surface area contributed by atoms with Gasteiger partial charge >= 0.3 is 12.2 Å². The van der Waals surface area contributed by atoms with Crippen molar-refractivity contribution in [2.24, 2.45) is 0 Å². The maximum absolute atomic E-state index is 11.9. The third-order valence-electron chi connectivity index (χ3n) is 5.57. The van der Waals surface area contributed by atoms with Crippen LogP contribution < -0.4 is 10.6 Å². The minimum atomic E-state index is -0.571. The van der Waals surface area contributed by atoms with Crippen LogP contribution in [-0.4, -0.2) is 18.8 Å². The molecule has 0 unspecified atom stereocenters. The van der Waals surface area contributed by atoms with Gasteiger partial charge in [-0.25, -0.2) is 9.59 Å². The molecule has 0 aliphatic heterocycles. The van der Waals surface area contributed by atoms with Crippen LogP contribution in [0.4, 0.5) is 21.0 Å². The van der Waals surface area contributed by atoms with Gasteiger partial charge in [-0.05, 0) is 71.5 Å². The first-order chi connectivity index (χ1) is 17.9. The maximum atomic E-state index is 11.9. The Bertz CT molecular complexity index is 1410. The van der Waals surface area contributed by atoms with Crippen molar-refractivity contribution in [3.05, 3.63) is 109 Å². The molecule has 0 spiro atoms. The number of ether oxygens (including phenoxy) is 2. The number of nitrogens with one attached hydrogen (secondary N) is 2. The maximum Gasteiger partial charge on any atom is 0.416 e. The molecule has 0 saturated carbocycles. The van der Waals surface area contributed by atoms with E-state index in [2.05, 4.69) is 41.5 Å². The molecule has 0 aliphatic rings. The number of amides is 2. The van der Waals surface area contributed by atoms with Crippen LogP contribution in [0.1, 0.15) is 13.8 Å². The topological polar surface area (TPSA) is 76.7 Å². The highest BCUT2D eigenvalue weighted by molar-refractivity contribution is 5.93. The number of hydrogen-bond acceptors (Lipinski definition) is 4. The minimum Gasteiger partial charge on any atom is -0.450 e. The summed E-state index contributed by atoms with van der Waals surface area (Å²) in [7, 11) is 0. The van der Waals surface area contributed by atoms with Crippen molar-refractivity contribution in [1.29, 1.82) is 0 Å². The summed E-state index contributed by atoms with van der Waals surface area (Å²) in [5.74, 6) is 0.326. The first-order valence-corrected chi connectivity index (χ1v) is 11.9. The van der Waals surface area contributed by atoms with Crippen molar-refractivity contribution in [2.45, 2.75) is 13.8 Å². The van der Waals surface area contributed by atoms with E-state index in [1.807, 2.05) is 72.8 Å². The molecular weight excluding hydrogens is 464 g/mol. The Morgan fingerprint density at radius 1 is 0.649 bits per heavy atom. The Balaban J connectivity index is 1.63. The number of anilines is 2. The van der Waals surface area contributed by atoms with Gasteiger partial charge in [-0.15, -0.1) is 0 Å². The summed E-state index contributed by atoms with van der Waals surface area (Å²) >= 11 is 0. The van der Waals surface area contributed by atoms with Crippen LogP contribution in [0, 0.1) is 0 Å². The standard InChI is InChI=1S/C31H28N2O4/c1-4-36-30(34)32-24-17-13-22(14-18-24)26-9-5-7-11-28(26)29-12-8-6-10-27(29)23-15-19-25(20-16-23)33-31(35)37-21(2)3/h5-20H,2,4H2,1,3H3,(H,32,34)(H,33,35). The van der Waals surface area contributed by atoms with E-state index in [1.54, 1.807) is 13.8 Å². The molecule has 4 aromatic rings. The second kappa shape index (κ2) is 11.7. The molecule has 37 heavy (non-hydrogen) atoms. The summed E-state index contributed by atoms with van der Waals surface area (Å²) in [6, 6.07) is 31.7. The quantitative estimate of drug-likeness (QED) is 0.254. The zero-order valence-electron chi connectivity index (χ0n) is 20.8. The molecule has 2 N–H and O–H groups in total. The zero-order valence-corrected chi connectivity index (χ0v) is 20.8. The first kappa shape index (κ1) is 25.3. The normalized spacial score (nSPS) is 10.3. The SMILES string of the molecule is C=C(C)OC(=O)Nc1ccc(-c2ccccc2-c2ccccc2-c2ccc(NC(=O)OCC)cc2)cc1. The Hall–Kier alpha value is -4.84. The van der Waals surface area contributed by atoms with Crippen molar-refractivity contribution in [1.82, 2.24) is 0 Å². The molecule has 186 valence electrons. The van der Waals surface area contributed by atoms with E-state index in [0.29, 0.717) is 23.7 Å². The molecule has 0 fully saturated rings. The van der Waals surface area contributed by atoms with E-state index < -0.39 is 12.2 Å². The number of hydrogen-bond donors (Lipinski definition) is 2. The van der Waals surface area contributed by atoms with Crippen LogP contribution in [0.15, 0.2) is 109 Å². The van der Waals surface area contributed by atoms with Crippen LogP contribution in [0.25, 0.3) is 33.4 Å². The Kier molecular flexibility index (Phi) is 8.01. The average molecular weight is 493 g/mol. The molecule has 0 atom stereocenters. The molecular formula is C31H28N2O4. The van der Waals surface area contributed by atoms with Crippen molar-refractivity contribution in [3.8, 4) is 33.4 Å². The highest BCUT2D eigenvalue weighted by Crippen LogP contribution is 2.38. The van der Waals surface area contributed by atoms with Crippen LogP contribution in [-0.2, 0) is 9.47 Å². The Morgan fingerprint density at radius 3 is 1.46 bits per heavy atom. The number of carbonyl (C=O) groups excluding carboxylic acids is 2. The molecule has 0 radical (unpaired) electrons. The van der Waals surface area contributed by atoms with E-state index in [4.69, 9.17) is 9.47 Å². The van der Waals surface area contributed by atoms with E-state index in [0.717, 1.165) is 33.4 Å². The smallest absolute Gasteiger partial charge is 0.416 e. The molecule has 0 saturated heterocycles. The van der Waals surface area contributed by atoms with E-state index in [-0.39, 0.29) is 0 Å². The van der Waals surface area contributed by atoms with Crippen molar-refractivity contribution in [3.63, 3.8) is 0 Å². The lowest BCUT2D eigenvalue weighted by molar-refractivity contribution is 0.168. The molecule has 2 amide bonds. The third kappa shape index (κ3) is 6.44. The number of carbonyl (C=O) groups is 2. The second-order valence-corrected chi connectivity index (χ2v) is 8.31. The van der Waals surface area contributed by atoms with Gasteiger partial charge in [0.1, 0.15) is 0 Å². The lowest BCUT2D eigenvalue weighted by atomic mass is 9.89. The van der Waals surface area contributed by atoms with Gasteiger partial charge in [-0.1, -0.05) is 79.4 Å². The molecule has 0 bridgehead atoms. The van der Waals surface area contributed by atoms with Gasteiger partial charge in [0.2, 0.25) is 0 Å². The summed E-state index contributed by atoms with van der Waals surface area (Å²) in [5.41, 5.74) is 7.62. The van der Waals surface area contributed by atoms with Crippen molar-refractivity contribution in [2.75, 3.05) is 17.2 Å². The van der Waals surface area contributed by atoms with Gasteiger partial charge in [-0.3, -0.25) is 10.6 Å². The van der Waals surface area contributed by atoms with E-state index in [9.17, 15) is 9.59 Å². The summed E-state index contributed by atoms with van der Waals surface area (Å²) in [5, 5.41) is 5.42. The highest BCUT2D eigenvalue weighted by Gasteiger charge is 2.13. The van der Waals surface area contributed by atoms with Crippen LogP contribution in [0.3, 0.4) is 0 Å². The lowest BCUT2D eigenvalue weighted by Crippen LogP contribution is -2.13. The van der Waals surface area contributed by atoms with Gasteiger partial charge in [0.25, 0.3) is 0 Å². The number of rotatable bonds is 7. The Morgan fingerprint density at radius 2 is 1.05 bits per heavy atom. The van der Waals surface area contributed by atoms with Crippen molar-refractivity contribution < 1.29 is 19.1 Å². The van der Waals surface area contributed by atoms with Gasteiger partial charge in [0.15, 0.2) is 0 Å². The molecule has 4 rings (SSSR count). The zero-order chi connectivity index (χ0) is 26.2. The average Bonchev–Trinajstić information content (AvgIpc) is 2.89. The molecule has 4 aromatic carbocycles. The van der Waals surface area contributed by atoms with Gasteiger partial charge in [0, 0.05) is 11.4 Å². The predicted molar refractivity (Wildman–Crippen MR) is 148 cm³/mol. The van der Waals surface area contributed by atoms with Crippen LogP contribution in [0.2, 0.25) is 0 Å². The van der Waals surface area contributed by atoms with E-state index in [1.165, 1.54) is 0 Å². The molecule has 0 aliphatic carbocycles. The summed E-state index contributed by atoms with van der Waals surface area (Å²) in [4.78, 5) is 23.6. The lowest BCUT2D eigenvalue weighted by Gasteiger charge is -2.15. The van der Waals surface area contributed by atoms with Crippen LogP contribution >= 0.6 is 0 Å². The van der Waals surface area contributed by atoms with Gasteiger partial charge < -0.3 is 9.47 Å². The highest BCUT2D eigenvalue weighted by atomic mass is 16.6. The van der Waals surface area contributed by atoms with Crippen LogP contribution in [0.5, 0.6) is 0 Å². The largest absolute Gasteiger partial charge is 0.450 e. The molecule has 6 heteroatoms. The van der Waals surface area contributed by atoms with E-state index >= 15 is 0 Å². The fourth-order valence-electron chi connectivity index (χ4n) is 3.99. The minimum absolute atomic E-state index is 0.317. The monoisotopic (exact) mass is 492 g/mol. The fourth-order valence-corrected chi connectivity index (χ4v) is 3.99. The summed E-state index contributed by atoms with van der Waals surface area (Å²) in [6.45, 7) is 7.28. The number of benzene rings is 4.